The Morgan fingerprint density at radius 1 is 0.900 bits per heavy atom. The largest absolute Gasteiger partial charge is 0.379 e. The van der Waals surface area contributed by atoms with Crippen LogP contribution in [0.15, 0.2) is 0 Å². The van der Waals surface area contributed by atoms with Crippen molar-refractivity contribution in [3.05, 3.63) is 0 Å². The van der Waals surface area contributed by atoms with Gasteiger partial charge in [0.2, 0.25) is 11.8 Å². The van der Waals surface area contributed by atoms with E-state index in [1.165, 1.54) is 0 Å². The molecule has 2 amide bonds. The molecule has 20 heavy (non-hydrogen) atoms. The highest BCUT2D eigenvalue weighted by molar-refractivity contribution is 5.78. The number of carbonyl (C=O) groups is 2. The summed E-state index contributed by atoms with van der Waals surface area (Å²) in [4.78, 5) is 21.5. The van der Waals surface area contributed by atoms with E-state index in [0.717, 1.165) is 0 Å². The Morgan fingerprint density at radius 2 is 1.50 bits per heavy atom. The summed E-state index contributed by atoms with van der Waals surface area (Å²) in [5.41, 5.74) is 4.85. The summed E-state index contributed by atoms with van der Waals surface area (Å²) in [6, 6.07) is 0. The summed E-state index contributed by atoms with van der Waals surface area (Å²) in [5.74, 6) is -0.923. The molecule has 0 atom stereocenters. The molecular formula is C12H24N2O6. The number of nitrogens with one attached hydrogen (secondary N) is 1. The summed E-state index contributed by atoms with van der Waals surface area (Å²) >= 11 is 0. The molecule has 0 radical (unpaired) electrons. The van der Waals surface area contributed by atoms with Gasteiger partial charge in [-0.15, -0.1) is 0 Å². The van der Waals surface area contributed by atoms with E-state index in [-0.39, 0.29) is 19.1 Å². The minimum Gasteiger partial charge on any atom is -0.379 e. The monoisotopic (exact) mass is 292 g/mol. The Labute approximate surface area is 118 Å². The topological polar surface area (TPSA) is 109 Å². The van der Waals surface area contributed by atoms with Crippen LogP contribution in [0.5, 0.6) is 0 Å². The number of nitrogens with two attached hydrogens (primary N) is 1. The molecule has 0 heterocycles. The molecule has 0 aromatic heterocycles. The molecule has 0 aromatic rings. The Kier molecular flexibility index (Phi) is 13.3. The molecule has 0 aliphatic carbocycles. The maximum Gasteiger partial charge on any atom is 0.246 e. The number of ether oxygens (including phenoxy) is 4. The SMILES string of the molecule is CCOCCOCCOCCNC(=O)COCC(N)=O. The minimum atomic E-state index is -0.606. The van der Waals surface area contributed by atoms with Crippen molar-refractivity contribution < 1.29 is 28.5 Å². The predicted octanol–water partition coefficient (Wildman–Crippen LogP) is -1.33. The predicted molar refractivity (Wildman–Crippen MR) is 71.2 cm³/mol. The van der Waals surface area contributed by atoms with Crippen molar-refractivity contribution in [1.82, 2.24) is 5.32 Å². The third-order valence-electron chi connectivity index (χ3n) is 1.99. The first-order valence-electron chi connectivity index (χ1n) is 6.52. The van der Waals surface area contributed by atoms with E-state index < -0.39 is 5.91 Å². The van der Waals surface area contributed by atoms with Crippen molar-refractivity contribution in [3.63, 3.8) is 0 Å². The van der Waals surface area contributed by atoms with Crippen molar-refractivity contribution in [3.8, 4) is 0 Å². The Balaban J connectivity index is 3.15. The molecule has 0 unspecified atom stereocenters. The standard InChI is InChI=1S/C12H24N2O6/c1-2-17-5-6-19-8-7-18-4-3-14-12(16)10-20-9-11(13)15/h2-10H2,1H3,(H2,13,15)(H,14,16). The molecule has 0 aliphatic heterocycles. The lowest BCUT2D eigenvalue weighted by atomic mass is 10.5. The zero-order valence-electron chi connectivity index (χ0n) is 11.9. The molecule has 118 valence electrons. The van der Waals surface area contributed by atoms with Crippen LogP contribution in [0.2, 0.25) is 0 Å². The lowest BCUT2D eigenvalue weighted by Crippen LogP contribution is -2.32. The summed E-state index contributed by atoms with van der Waals surface area (Å²) in [6.45, 7) is 4.99. The fourth-order valence-electron chi connectivity index (χ4n) is 1.14. The van der Waals surface area contributed by atoms with Gasteiger partial charge >= 0.3 is 0 Å². The number of hydrogen-bond acceptors (Lipinski definition) is 6. The molecule has 3 N–H and O–H groups in total. The second kappa shape index (κ2) is 14.2. The zero-order valence-corrected chi connectivity index (χ0v) is 11.9. The fourth-order valence-corrected chi connectivity index (χ4v) is 1.14. The summed E-state index contributed by atoms with van der Waals surface area (Å²) in [6.07, 6.45) is 0. The van der Waals surface area contributed by atoms with E-state index in [9.17, 15) is 9.59 Å². The molecule has 0 aromatic carbocycles. The molecule has 0 fully saturated rings. The lowest BCUT2D eigenvalue weighted by molar-refractivity contribution is -0.129. The van der Waals surface area contributed by atoms with Gasteiger partial charge in [0, 0.05) is 13.2 Å². The first-order valence-corrected chi connectivity index (χ1v) is 6.52. The fraction of sp³-hybridized carbons (Fsp3) is 0.833. The minimum absolute atomic E-state index is 0.191. The van der Waals surface area contributed by atoms with Crippen LogP contribution < -0.4 is 11.1 Å². The van der Waals surface area contributed by atoms with Crippen LogP contribution in [0.4, 0.5) is 0 Å². The average Bonchev–Trinajstić information content (AvgIpc) is 2.40. The Morgan fingerprint density at radius 3 is 2.10 bits per heavy atom. The normalized spacial score (nSPS) is 10.4. The van der Waals surface area contributed by atoms with Crippen molar-refractivity contribution in [2.45, 2.75) is 6.92 Å². The lowest BCUT2D eigenvalue weighted by Gasteiger charge is -2.07. The zero-order chi connectivity index (χ0) is 15.1. The van der Waals surface area contributed by atoms with Gasteiger partial charge < -0.3 is 30.0 Å². The molecule has 8 nitrogen and oxygen atoms in total. The molecule has 0 rings (SSSR count). The molecular weight excluding hydrogens is 268 g/mol. The van der Waals surface area contributed by atoms with E-state index in [0.29, 0.717) is 46.2 Å². The molecule has 8 heteroatoms. The van der Waals surface area contributed by atoms with Gasteiger partial charge in [-0.2, -0.15) is 0 Å². The second-order valence-electron chi connectivity index (χ2n) is 3.73. The third kappa shape index (κ3) is 14.8. The van der Waals surface area contributed by atoms with E-state index >= 15 is 0 Å². The van der Waals surface area contributed by atoms with Crippen LogP contribution in [0.25, 0.3) is 0 Å². The second-order valence-corrected chi connectivity index (χ2v) is 3.73. The molecule has 0 saturated heterocycles. The van der Waals surface area contributed by atoms with E-state index in [4.69, 9.17) is 24.7 Å². The van der Waals surface area contributed by atoms with E-state index in [1.807, 2.05) is 6.92 Å². The van der Waals surface area contributed by atoms with Crippen LogP contribution >= 0.6 is 0 Å². The van der Waals surface area contributed by atoms with Gasteiger partial charge in [-0.25, -0.2) is 0 Å². The number of rotatable bonds is 14. The van der Waals surface area contributed by atoms with Gasteiger partial charge in [0.25, 0.3) is 0 Å². The average molecular weight is 292 g/mol. The van der Waals surface area contributed by atoms with Gasteiger partial charge in [-0.05, 0) is 6.92 Å². The number of hydrogen-bond donors (Lipinski definition) is 2. The van der Waals surface area contributed by atoms with Gasteiger partial charge in [-0.3, -0.25) is 9.59 Å². The highest BCUT2D eigenvalue weighted by Gasteiger charge is 2.01. The van der Waals surface area contributed by atoms with Crippen LogP contribution in [-0.2, 0) is 28.5 Å². The Bertz CT molecular complexity index is 262. The third-order valence-corrected chi connectivity index (χ3v) is 1.99. The summed E-state index contributed by atoms with van der Waals surface area (Å²) in [5, 5.41) is 2.57. The highest BCUT2D eigenvalue weighted by atomic mass is 16.5. The molecule has 0 saturated carbocycles. The van der Waals surface area contributed by atoms with Gasteiger partial charge in [0.05, 0.1) is 33.0 Å². The molecule has 0 aliphatic rings. The maximum absolute atomic E-state index is 11.2. The number of amides is 2. The van der Waals surface area contributed by atoms with Crippen molar-refractivity contribution in [2.75, 3.05) is 59.4 Å². The van der Waals surface area contributed by atoms with Gasteiger partial charge in [-0.1, -0.05) is 0 Å². The smallest absolute Gasteiger partial charge is 0.246 e. The first kappa shape index (κ1) is 18.8. The van der Waals surface area contributed by atoms with Crippen LogP contribution in [-0.4, -0.2) is 71.2 Å². The van der Waals surface area contributed by atoms with E-state index in [2.05, 4.69) is 5.32 Å². The van der Waals surface area contributed by atoms with Crippen molar-refractivity contribution in [1.29, 1.82) is 0 Å². The Hall–Kier alpha value is -1.22. The number of carbonyl (C=O) groups excluding carboxylic acids is 2. The van der Waals surface area contributed by atoms with Crippen molar-refractivity contribution in [2.24, 2.45) is 5.73 Å². The van der Waals surface area contributed by atoms with Gasteiger partial charge in [0.15, 0.2) is 0 Å². The highest BCUT2D eigenvalue weighted by Crippen LogP contribution is 1.81. The van der Waals surface area contributed by atoms with E-state index in [1.54, 1.807) is 0 Å². The van der Waals surface area contributed by atoms with Crippen LogP contribution in [0.1, 0.15) is 6.92 Å². The molecule has 0 spiro atoms. The summed E-state index contributed by atoms with van der Waals surface area (Å²) in [7, 11) is 0. The van der Waals surface area contributed by atoms with Crippen LogP contribution in [0, 0.1) is 0 Å². The van der Waals surface area contributed by atoms with Crippen LogP contribution in [0.3, 0.4) is 0 Å². The maximum atomic E-state index is 11.2. The van der Waals surface area contributed by atoms with Crippen molar-refractivity contribution >= 4 is 11.8 Å². The quantitative estimate of drug-likeness (QED) is 0.384. The van der Waals surface area contributed by atoms with Gasteiger partial charge in [0.1, 0.15) is 13.2 Å². The molecule has 0 bridgehead atoms. The summed E-state index contributed by atoms with van der Waals surface area (Å²) < 4.78 is 20.3. The number of primary amides is 1. The first-order chi connectivity index (χ1) is 9.66.